The molecule has 2 aromatic carbocycles. The first kappa shape index (κ1) is 26.3. The van der Waals surface area contributed by atoms with E-state index >= 15 is 0 Å². The fourth-order valence-corrected chi connectivity index (χ4v) is 3.61. The van der Waals surface area contributed by atoms with Crippen LogP contribution in [0.2, 0.25) is 0 Å². The van der Waals surface area contributed by atoms with Gasteiger partial charge in [0.15, 0.2) is 5.96 Å². The van der Waals surface area contributed by atoms with Gasteiger partial charge in [-0.05, 0) is 48.6 Å². The fraction of sp³-hybridized carbons (Fsp3) is 0.480. The zero-order valence-electron chi connectivity index (χ0n) is 19.5. The third-order valence-electron chi connectivity index (χ3n) is 5.63. The molecule has 7 heteroatoms. The fourth-order valence-electron chi connectivity index (χ4n) is 3.61. The molecule has 0 bridgehead atoms. The summed E-state index contributed by atoms with van der Waals surface area (Å²) in [6.07, 6.45) is 2.08. The Labute approximate surface area is 209 Å². The number of methoxy groups -OCH3 is 1. The van der Waals surface area contributed by atoms with Gasteiger partial charge in [-0.2, -0.15) is 0 Å². The molecule has 1 fully saturated rings. The van der Waals surface area contributed by atoms with Crippen molar-refractivity contribution in [2.24, 2.45) is 4.99 Å². The highest BCUT2D eigenvalue weighted by molar-refractivity contribution is 14.0. The van der Waals surface area contributed by atoms with E-state index in [1.165, 1.54) is 11.1 Å². The van der Waals surface area contributed by atoms with Crippen molar-refractivity contribution in [1.82, 2.24) is 10.6 Å². The summed E-state index contributed by atoms with van der Waals surface area (Å²) in [5, 5.41) is 6.83. The first-order valence-electron chi connectivity index (χ1n) is 11.0. The second-order valence-corrected chi connectivity index (χ2v) is 8.03. The number of guanidine groups is 1. The van der Waals surface area contributed by atoms with Crippen molar-refractivity contribution in [2.75, 3.05) is 33.9 Å². The number of halogens is 1. The summed E-state index contributed by atoms with van der Waals surface area (Å²) in [4.78, 5) is 4.36. The standard InChI is InChI=1S/C25H35N3O3.HI/c1-18-5-6-21(24(15-18)31-23-12-14-30-17-23)16-28-25(26-3)27-13-11-19(2)20-7-9-22(29-4)10-8-20;/h5-10,15,19,23H,11-14,16-17H2,1-4H3,(H2,26,27,28);1H. The molecule has 0 radical (unpaired) electrons. The highest BCUT2D eigenvalue weighted by Crippen LogP contribution is 2.24. The predicted octanol–water partition coefficient (Wildman–Crippen LogP) is 4.65. The number of nitrogens with zero attached hydrogens (tertiary/aromatic N) is 1. The van der Waals surface area contributed by atoms with Crippen LogP contribution in [0, 0.1) is 6.92 Å². The van der Waals surface area contributed by atoms with Crippen molar-refractivity contribution < 1.29 is 14.2 Å². The summed E-state index contributed by atoms with van der Waals surface area (Å²) in [6, 6.07) is 14.6. The van der Waals surface area contributed by atoms with Crippen LogP contribution in [0.15, 0.2) is 47.5 Å². The minimum Gasteiger partial charge on any atom is -0.497 e. The van der Waals surface area contributed by atoms with Crippen LogP contribution in [0.1, 0.15) is 42.4 Å². The summed E-state index contributed by atoms with van der Waals surface area (Å²) in [5.41, 5.74) is 3.61. The average Bonchev–Trinajstić information content (AvgIpc) is 3.30. The van der Waals surface area contributed by atoms with Gasteiger partial charge in [0.05, 0.1) is 20.3 Å². The molecule has 1 saturated heterocycles. The monoisotopic (exact) mass is 553 g/mol. The Morgan fingerprint density at radius 3 is 2.62 bits per heavy atom. The molecule has 0 amide bonds. The molecule has 3 rings (SSSR count). The van der Waals surface area contributed by atoms with E-state index in [0.717, 1.165) is 49.0 Å². The minimum absolute atomic E-state index is 0. The SMILES string of the molecule is CN=C(NCCC(C)c1ccc(OC)cc1)NCc1ccc(C)cc1OC1CCOC1.I. The number of ether oxygens (including phenoxy) is 3. The second kappa shape index (κ2) is 13.5. The van der Waals surface area contributed by atoms with E-state index in [4.69, 9.17) is 14.2 Å². The Morgan fingerprint density at radius 2 is 1.97 bits per heavy atom. The van der Waals surface area contributed by atoms with E-state index in [2.05, 4.69) is 59.8 Å². The molecule has 2 atom stereocenters. The van der Waals surface area contributed by atoms with Crippen LogP contribution in [-0.2, 0) is 11.3 Å². The lowest BCUT2D eigenvalue weighted by Gasteiger charge is -2.18. The lowest BCUT2D eigenvalue weighted by molar-refractivity contribution is 0.140. The van der Waals surface area contributed by atoms with E-state index in [1.807, 2.05) is 12.1 Å². The molecule has 1 aliphatic heterocycles. The molecule has 0 aliphatic carbocycles. The molecular formula is C25H36IN3O3. The Balaban J connectivity index is 0.00000363. The Bertz CT molecular complexity index is 852. The van der Waals surface area contributed by atoms with Gasteiger partial charge in [-0.25, -0.2) is 0 Å². The number of hydrogen-bond donors (Lipinski definition) is 2. The lowest BCUT2D eigenvalue weighted by Crippen LogP contribution is -2.37. The maximum atomic E-state index is 6.20. The molecule has 2 N–H and O–H groups in total. The van der Waals surface area contributed by atoms with Gasteiger partial charge in [0.1, 0.15) is 17.6 Å². The van der Waals surface area contributed by atoms with E-state index in [1.54, 1.807) is 14.2 Å². The molecule has 0 saturated carbocycles. The zero-order valence-corrected chi connectivity index (χ0v) is 21.8. The molecule has 1 heterocycles. The highest BCUT2D eigenvalue weighted by Gasteiger charge is 2.18. The third kappa shape index (κ3) is 7.85. The van der Waals surface area contributed by atoms with Gasteiger partial charge in [0.2, 0.25) is 0 Å². The van der Waals surface area contributed by atoms with Gasteiger partial charge in [-0.1, -0.05) is 31.2 Å². The summed E-state index contributed by atoms with van der Waals surface area (Å²) in [6.45, 7) is 7.24. The van der Waals surface area contributed by atoms with E-state index < -0.39 is 0 Å². The maximum Gasteiger partial charge on any atom is 0.191 e. The Hall–Kier alpha value is -2.00. The van der Waals surface area contributed by atoms with Crippen LogP contribution in [0.3, 0.4) is 0 Å². The summed E-state index contributed by atoms with van der Waals surface area (Å²) in [7, 11) is 3.49. The van der Waals surface area contributed by atoms with Crippen molar-refractivity contribution in [1.29, 1.82) is 0 Å². The number of aliphatic imine (C=N–C) groups is 1. The topological polar surface area (TPSA) is 64.1 Å². The molecule has 176 valence electrons. The number of aryl methyl sites for hydroxylation is 1. The van der Waals surface area contributed by atoms with E-state index in [-0.39, 0.29) is 30.1 Å². The van der Waals surface area contributed by atoms with Crippen LogP contribution in [0.25, 0.3) is 0 Å². The predicted molar refractivity (Wildman–Crippen MR) is 141 cm³/mol. The number of rotatable bonds is 9. The molecule has 32 heavy (non-hydrogen) atoms. The first-order chi connectivity index (χ1) is 15.1. The molecule has 2 unspecified atom stereocenters. The third-order valence-corrected chi connectivity index (χ3v) is 5.63. The van der Waals surface area contributed by atoms with Gasteiger partial charge in [0.25, 0.3) is 0 Å². The molecular weight excluding hydrogens is 517 g/mol. The summed E-state index contributed by atoms with van der Waals surface area (Å²) >= 11 is 0. The van der Waals surface area contributed by atoms with E-state index in [9.17, 15) is 0 Å². The molecule has 1 aliphatic rings. The number of nitrogens with one attached hydrogen (secondary N) is 2. The van der Waals surface area contributed by atoms with E-state index in [0.29, 0.717) is 19.1 Å². The molecule has 0 aromatic heterocycles. The van der Waals surface area contributed by atoms with Gasteiger partial charge in [-0.15, -0.1) is 24.0 Å². The number of hydrogen-bond acceptors (Lipinski definition) is 4. The quantitative estimate of drug-likeness (QED) is 0.269. The summed E-state index contributed by atoms with van der Waals surface area (Å²) in [5.74, 6) is 3.05. The van der Waals surface area contributed by atoms with Crippen LogP contribution >= 0.6 is 24.0 Å². The van der Waals surface area contributed by atoms with Crippen molar-refractivity contribution in [3.8, 4) is 11.5 Å². The summed E-state index contributed by atoms with van der Waals surface area (Å²) < 4.78 is 16.9. The van der Waals surface area contributed by atoms with Gasteiger partial charge in [0, 0.05) is 32.1 Å². The van der Waals surface area contributed by atoms with Gasteiger partial charge >= 0.3 is 0 Å². The van der Waals surface area contributed by atoms with Crippen LogP contribution in [-0.4, -0.2) is 46.0 Å². The first-order valence-corrected chi connectivity index (χ1v) is 11.0. The molecule has 2 aromatic rings. The maximum absolute atomic E-state index is 6.20. The van der Waals surface area contributed by atoms with Crippen LogP contribution in [0.4, 0.5) is 0 Å². The largest absolute Gasteiger partial charge is 0.497 e. The Morgan fingerprint density at radius 1 is 1.19 bits per heavy atom. The van der Waals surface area contributed by atoms with Crippen molar-refractivity contribution >= 4 is 29.9 Å². The van der Waals surface area contributed by atoms with Crippen LogP contribution in [0.5, 0.6) is 11.5 Å². The van der Waals surface area contributed by atoms with Crippen molar-refractivity contribution in [3.63, 3.8) is 0 Å². The zero-order chi connectivity index (χ0) is 22.1. The molecule has 6 nitrogen and oxygen atoms in total. The average molecular weight is 553 g/mol. The highest BCUT2D eigenvalue weighted by atomic mass is 127. The van der Waals surface area contributed by atoms with Gasteiger partial charge in [-0.3, -0.25) is 4.99 Å². The molecule has 0 spiro atoms. The van der Waals surface area contributed by atoms with Gasteiger partial charge < -0.3 is 24.8 Å². The number of benzene rings is 2. The second-order valence-electron chi connectivity index (χ2n) is 8.03. The smallest absolute Gasteiger partial charge is 0.191 e. The van der Waals surface area contributed by atoms with Crippen molar-refractivity contribution in [3.05, 3.63) is 59.2 Å². The Kier molecular flexibility index (Phi) is 11.1. The minimum atomic E-state index is 0. The normalized spacial score (nSPS) is 16.8. The van der Waals surface area contributed by atoms with Crippen molar-refractivity contribution in [2.45, 2.75) is 45.3 Å². The lowest BCUT2D eigenvalue weighted by atomic mass is 9.98. The van der Waals surface area contributed by atoms with Crippen LogP contribution < -0.4 is 20.1 Å².